The second kappa shape index (κ2) is 24.7. The van der Waals surface area contributed by atoms with Crippen molar-refractivity contribution in [1.82, 2.24) is 20.0 Å². The summed E-state index contributed by atoms with van der Waals surface area (Å²) in [6, 6.07) is 0. The zero-order valence-corrected chi connectivity index (χ0v) is 42.9. The Balaban J connectivity index is 2.62. The minimum absolute atomic E-state index is 0.00597. The second-order valence-electron chi connectivity index (χ2n) is 11.9. The van der Waals surface area contributed by atoms with Crippen LogP contribution >= 0.6 is 136 Å². The molecule has 0 heterocycles. The van der Waals surface area contributed by atoms with E-state index in [0.717, 1.165) is 9.80 Å². The van der Waals surface area contributed by atoms with Crippen LogP contribution in [0.25, 0.3) is 0 Å². The fourth-order valence-corrected chi connectivity index (χ4v) is 13.7. The summed E-state index contributed by atoms with van der Waals surface area (Å²) in [5.74, 6) is -4.39. The molecule has 0 fully saturated rings. The number of aliphatic hydroxyl groups excluding tert-OH is 7. The maximum absolute atomic E-state index is 14.3. The Labute approximate surface area is 408 Å². The molecule has 0 saturated heterocycles. The molecule has 10 N–H and O–H groups in total. The molecule has 0 aliphatic heterocycles. The number of halogens is 6. The van der Waals surface area contributed by atoms with Crippen LogP contribution in [0, 0.1) is 21.4 Å². The fraction of sp³-hybridized carbons (Fsp3) is 0.438. The first-order valence-corrected chi connectivity index (χ1v) is 22.7. The Hall–Kier alpha value is -0.640. The summed E-state index contributed by atoms with van der Waals surface area (Å²) >= 11 is 10.9. The number of anilines is 2. The number of hydrogen-bond acceptors (Lipinski definition) is 13. The normalized spacial score (nSPS) is 12.1. The van der Waals surface area contributed by atoms with Crippen molar-refractivity contribution in [3.63, 3.8) is 0 Å². The summed E-state index contributed by atoms with van der Waals surface area (Å²) in [6.45, 7) is -4.73. The lowest BCUT2D eigenvalue weighted by molar-refractivity contribution is -0.119. The summed E-state index contributed by atoms with van der Waals surface area (Å²) in [7, 11) is 2.75. The zero-order chi connectivity index (χ0) is 43.5. The summed E-state index contributed by atoms with van der Waals surface area (Å²) in [6.07, 6.45) is -2.52. The van der Waals surface area contributed by atoms with Crippen LogP contribution in [-0.2, 0) is 9.59 Å². The quantitative estimate of drug-likeness (QED) is 0.0824. The molecule has 0 spiro atoms. The van der Waals surface area contributed by atoms with E-state index in [0.29, 0.717) is 0 Å². The van der Waals surface area contributed by atoms with Gasteiger partial charge in [-0.3, -0.25) is 28.8 Å². The molecule has 0 saturated carbocycles. The van der Waals surface area contributed by atoms with E-state index in [4.69, 9.17) is 0 Å². The van der Waals surface area contributed by atoms with E-state index >= 15 is 0 Å². The van der Waals surface area contributed by atoms with Gasteiger partial charge in [0.15, 0.2) is 0 Å². The molecule has 0 aliphatic rings. The van der Waals surface area contributed by atoms with E-state index in [9.17, 15) is 64.5 Å². The van der Waals surface area contributed by atoms with Crippen LogP contribution < -0.4 is 16.0 Å². The smallest absolute Gasteiger partial charge is 0.256 e. The number of amides is 6. The number of carbonyl (C=O) groups is 6. The van der Waals surface area contributed by atoms with Gasteiger partial charge in [-0.25, -0.2) is 0 Å². The van der Waals surface area contributed by atoms with Crippen LogP contribution in [0.4, 0.5) is 11.4 Å². The predicted octanol–water partition coefficient (Wildman–Crippen LogP) is -0.109. The molecule has 2 unspecified atom stereocenters. The lowest BCUT2D eigenvalue weighted by Crippen LogP contribution is -2.42. The molecule has 2 rings (SSSR count). The van der Waals surface area contributed by atoms with Crippen molar-refractivity contribution in [3.8, 4) is 0 Å². The average molecular weight is 1480 g/mol. The van der Waals surface area contributed by atoms with Crippen LogP contribution in [-0.4, -0.2) is 178 Å². The van der Waals surface area contributed by atoms with Gasteiger partial charge in [0.2, 0.25) is 11.8 Å². The van der Waals surface area contributed by atoms with E-state index < -0.39 is 80.7 Å². The molecule has 57 heavy (non-hydrogen) atoms. The molecule has 0 aromatic heterocycles. The van der Waals surface area contributed by atoms with Gasteiger partial charge in [-0.05, 0) is 136 Å². The van der Waals surface area contributed by atoms with E-state index in [2.05, 4.69) is 16.0 Å². The summed E-state index contributed by atoms with van der Waals surface area (Å²) < 4.78 is 1.20. The Morgan fingerprint density at radius 1 is 0.561 bits per heavy atom. The fourth-order valence-electron chi connectivity index (χ4n) is 4.95. The lowest BCUT2D eigenvalue weighted by atomic mass is 10.1. The van der Waals surface area contributed by atoms with Crippen molar-refractivity contribution in [1.29, 1.82) is 0 Å². The number of nitrogens with one attached hydrogen (secondary N) is 3. The molecule has 6 amide bonds. The lowest BCUT2D eigenvalue weighted by Gasteiger charge is -2.27. The third kappa shape index (κ3) is 13.4. The molecule has 2 atom stereocenters. The van der Waals surface area contributed by atoms with Crippen LogP contribution in [0.1, 0.15) is 41.4 Å². The molecule has 19 nitrogen and oxygen atoms in total. The molecule has 2 aromatic rings. The molecular formula is C32H38I6N6O13. The molecule has 316 valence electrons. The summed E-state index contributed by atoms with van der Waals surface area (Å²) in [4.78, 5) is 83.6. The van der Waals surface area contributed by atoms with Gasteiger partial charge >= 0.3 is 0 Å². The predicted molar refractivity (Wildman–Crippen MR) is 256 cm³/mol. The van der Waals surface area contributed by atoms with E-state index in [1.54, 1.807) is 45.2 Å². The highest BCUT2D eigenvalue weighted by molar-refractivity contribution is 14.1. The number of aliphatic hydroxyl groups is 7. The number of carbonyl (C=O) groups excluding carboxylic acids is 6. The molecule has 2 aromatic carbocycles. The highest BCUT2D eigenvalue weighted by atomic mass is 127. The Kier molecular flexibility index (Phi) is 22.8. The van der Waals surface area contributed by atoms with Crippen molar-refractivity contribution in [2.24, 2.45) is 0 Å². The Morgan fingerprint density at radius 2 is 0.930 bits per heavy atom. The van der Waals surface area contributed by atoms with Crippen LogP contribution in [0.5, 0.6) is 0 Å². The summed E-state index contributed by atoms with van der Waals surface area (Å²) in [5, 5.41) is 75.1. The molecule has 0 bridgehead atoms. The van der Waals surface area contributed by atoms with Gasteiger partial charge in [-0.2, -0.15) is 0 Å². The number of benzene rings is 2. The SMILES string of the molecule is CN(CC(O)CO)C(=O)c1c(I)c(NC(=O)CO)c(I)c(C(=O)NCCN(CCO)C(=O)c2c(I)c(NC(=O)CO)c(I)c(C(=O)N(C)CC(O)CO)c2I)c1I. The first-order valence-electron chi connectivity index (χ1n) is 16.2. The van der Waals surface area contributed by atoms with Gasteiger partial charge in [0.05, 0.1) is 79.9 Å². The van der Waals surface area contributed by atoms with Gasteiger partial charge in [0, 0.05) is 54.0 Å². The topological polar surface area (TPSA) is 290 Å². The van der Waals surface area contributed by atoms with Crippen molar-refractivity contribution in [2.45, 2.75) is 12.2 Å². The minimum Gasteiger partial charge on any atom is -0.395 e. The van der Waals surface area contributed by atoms with Crippen molar-refractivity contribution < 1.29 is 64.5 Å². The molecule has 25 heteroatoms. The second-order valence-corrected chi connectivity index (χ2v) is 18.3. The van der Waals surface area contributed by atoms with Crippen molar-refractivity contribution >= 4 is 182 Å². The molecule has 0 radical (unpaired) electrons. The molecular weight excluding hydrogens is 1440 g/mol. The minimum atomic E-state index is -1.26. The van der Waals surface area contributed by atoms with E-state index in [1.807, 2.05) is 90.4 Å². The van der Waals surface area contributed by atoms with E-state index in [1.165, 1.54) is 19.0 Å². The number of hydrogen-bond donors (Lipinski definition) is 10. The van der Waals surface area contributed by atoms with Gasteiger partial charge < -0.3 is 66.4 Å². The molecule has 0 aliphatic carbocycles. The standard InChI is InChI=1S/C32H38I6N6O13/c1-42(7-13(50)9-46)30(55)18-21(33)17(23(35)27(24(18)36)40-15(52)11-48)29(54)39-3-4-44(5-6-45)32(57)20-22(34)19(31(56)43(2)8-14(51)10-47)25(37)28(26(20)38)41-16(53)12-49/h13-14,45-51H,3-12H2,1-2H3,(H,39,54)(H,40,52)(H,41,53). The first-order chi connectivity index (χ1) is 26.7. The third-order valence-corrected chi connectivity index (χ3v) is 14.2. The van der Waals surface area contributed by atoms with Crippen molar-refractivity contribution in [2.75, 3.05) is 90.5 Å². The number of likely N-dealkylation sites (N-methyl/N-ethyl adjacent to an activating group) is 2. The first kappa shape index (κ1) is 52.5. The highest BCUT2D eigenvalue weighted by Gasteiger charge is 2.33. The van der Waals surface area contributed by atoms with Crippen LogP contribution in [0.15, 0.2) is 0 Å². The van der Waals surface area contributed by atoms with Gasteiger partial charge in [-0.1, -0.05) is 0 Å². The largest absolute Gasteiger partial charge is 0.395 e. The number of rotatable bonds is 19. The highest BCUT2D eigenvalue weighted by Crippen LogP contribution is 2.38. The average Bonchev–Trinajstić information content (AvgIpc) is 3.16. The van der Waals surface area contributed by atoms with Gasteiger partial charge in [0.1, 0.15) is 13.2 Å². The van der Waals surface area contributed by atoms with Crippen molar-refractivity contribution in [3.05, 3.63) is 43.7 Å². The third-order valence-electron chi connectivity index (χ3n) is 7.73. The van der Waals surface area contributed by atoms with E-state index in [-0.39, 0.29) is 87.8 Å². The maximum Gasteiger partial charge on any atom is 0.256 e. The van der Waals surface area contributed by atoms with Gasteiger partial charge in [-0.15, -0.1) is 0 Å². The zero-order valence-electron chi connectivity index (χ0n) is 29.9. The Bertz CT molecular complexity index is 1870. The number of nitrogens with zero attached hydrogens (tertiary/aromatic N) is 3. The maximum atomic E-state index is 14.3. The monoisotopic (exact) mass is 1480 g/mol. The summed E-state index contributed by atoms with van der Waals surface area (Å²) in [5.41, 5.74) is -0.00111. The van der Waals surface area contributed by atoms with Gasteiger partial charge in [0.25, 0.3) is 23.6 Å². The van der Waals surface area contributed by atoms with Crippen LogP contribution in [0.3, 0.4) is 0 Å². The Morgan fingerprint density at radius 3 is 1.30 bits per heavy atom. The van der Waals surface area contributed by atoms with Crippen LogP contribution in [0.2, 0.25) is 0 Å².